The first kappa shape index (κ1) is 27.3. The Morgan fingerprint density at radius 3 is 2.47 bits per heavy atom. The number of unbranched alkanes of at least 4 members (excludes halogenated alkanes) is 1. The van der Waals surface area contributed by atoms with Gasteiger partial charge in [0.1, 0.15) is 17.1 Å². The number of aromatic hydroxyl groups is 1. The van der Waals surface area contributed by atoms with Crippen LogP contribution in [0.2, 0.25) is 0 Å². The molecule has 7 nitrogen and oxygen atoms in total. The van der Waals surface area contributed by atoms with E-state index in [4.69, 9.17) is 4.74 Å². The molecule has 4 rings (SSSR count). The monoisotopic (exact) mass is 525 g/mol. The summed E-state index contributed by atoms with van der Waals surface area (Å²) in [6, 6.07) is 9.58. The van der Waals surface area contributed by atoms with Crippen molar-refractivity contribution in [1.29, 1.82) is 0 Å². The number of benzene rings is 2. The Morgan fingerprint density at radius 1 is 1.08 bits per heavy atom. The van der Waals surface area contributed by atoms with E-state index in [0.29, 0.717) is 42.1 Å². The van der Waals surface area contributed by atoms with Crippen LogP contribution >= 0.6 is 0 Å². The van der Waals surface area contributed by atoms with Crippen LogP contribution in [-0.4, -0.2) is 59.1 Å². The second-order valence-electron chi connectivity index (χ2n) is 9.57. The molecule has 1 saturated heterocycles. The maximum Gasteiger partial charge on any atom is 0.264 e. The maximum absolute atomic E-state index is 14.1. The minimum Gasteiger partial charge on any atom is -0.506 e. The molecule has 1 aliphatic heterocycles. The molecule has 0 atom stereocenters. The van der Waals surface area contributed by atoms with Crippen LogP contribution in [0.15, 0.2) is 41.2 Å². The van der Waals surface area contributed by atoms with Gasteiger partial charge in [-0.3, -0.25) is 14.5 Å². The largest absolute Gasteiger partial charge is 0.506 e. The number of amides is 1. The smallest absolute Gasteiger partial charge is 0.264 e. The van der Waals surface area contributed by atoms with Crippen LogP contribution in [-0.2, 0) is 13.0 Å². The maximum atomic E-state index is 14.1. The lowest BCUT2D eigenvalue weighted by Gasteiger charge is -2.35. The number of aromatic amines is 1. The fourth-order valence-electron chi connectivity index (χ4n) is 4.96. The number of aryl methyl sites for hydroxylation is 2. The highest BCUT2D eigenvalue weighted by Gasteiger charge is 2.30. The summed E-state index contributed by atoms with van der Waals surface area (Å²) in [6.07, 6.45) is 2.20. The Morgan fingerprint density at radius 2 is 1.79 bits per heavy atom. The number of ether oxygens (including phenoxy) is 1. The molecule has 202 valence electrons. The van der Waals surface area contributed by atoms with Gasteiger partial charge in [0.05, 0.1) is 7.11 Å². The molecule has 2 N–H and O–H groups in total. The molecular formula is C29H33F2N3O4. The highest BCUT2D eigenvalue weighted by atomic mass is 19.2. The number of nitrogens with zero attached hydrogens (tertiary/aromatic N) is 2. The van der Waals surface area contributed by atoms with Gasteiger partial charge in [-0.1, -0.05) is 37.6 Å². The number of aromatic nitrogens is 1. The number of hydrogen-bond donors (Lipinski definition) is 2. The van der Waals surface area contributed by atoms with Gasteiger partial charge in [0, 0.05) is 55.1 Å². The molecule has 0 bridgehead atoms. The molecular weight excluding hydrogens is 492 g/mol. The minimum absolute atomic E-state index is 0.209. The van der Waals surface area contributed by atoms with E-state index in [0.717, 1.165) is 24.5 Å². The highest BCUT2D eigenvalue weighted by Crippen LogP contribution is 2.41. The van der Waals surface area contributed by atoms with E-state index in [9.17, 15) is 23.5 Å². The Labute approximate surface area is 220 Å². The van der Waals surface area contributed by atoms with Crippen LogP contribution < -0.4 is 10.3 Å². The first-order valence-corrected chi connectivity index (χ1v) is 12.8. The summed E-state index contributed by atoms with van der Waals surface area (Å²) < 4.78 is 33.2. The Hall–Kier alpha value is -3.72. The third-order valence-corrected chi connectivity index (χ3v) is 7.05. The van der Waals surface area contributed by atoms with Crippen LogP contribution in [0.5, 0.6) is 11.5 Å². The normalized spacial score (nSPS) is 14.1. The number of H-pyrrole nitrogens is 1. The zero-order valence-corrected chi connectivity index (χ0v) is 21.9. The minimum atomic E-state index is -0.894. The third kappa shape index (κ3) is 5.43. The van der Waals surface area contributed by atoms with Gasteiger partial charge in [0.15, 0.2) is 11.6 Å². The second kappa shape index (κ2) is 11.8. The molecule has 3 aromatic rings. The molecule has 1 fully saturated rings. The number of carbonyl (C=O) groups excluding carboxylic acids is 1. The van der Waals surface area contributed by atoms with Crippen molar-refractivity contribution in [2.24, 2.45) is 0 Å². The number of piperazine rings is 1. The van der Waals surface area contributed by atoms with Crippen molar-refractivity contribution in [3.8, 4) is 22.6 Å². The Kier molecular flexibility index (Phi) is 8.46. The van der Waals surface area contributed by atoms with E-state index >= 15 is 0 Å². The molecule has 1 aliphatic rings. The van der Waals surface area contributed by atoms with E-state index in [1.165, 1.54) is 24.1 Å². The van der Waals surface area contributed by atoms with Crippen molar-refractivity contribution in [3.05, 3.63) is 80.8 Å². The fourth-order valence-corrected chi connectivity index (χ4v) is 4.96. The van der Waals surface area contributed by atoms with E-state index in [1.54, 1.807) is 6.07 Å². The SMILES string of the molecule is CCCCc1[nH]c(=O)c(C(=O)N2CCN(Cc3cccc(F)c3F)CC2)c(O)c1-c1c(C)cccc1OC. The predicted molar refractivity (Wildman–Crippen MR) is 142 cm³/mol. The van der Waals surface area contributed by atoms with Gasteiger partial charge in [0.25, 0.3) is 11.5 Å². The summed E-state index contributed by atoms with van der Waals surface area (Å²) in [6.45, 7) is 5.49. The van der Waals surface area contributed by atoms with Gasteiger partial charge in [-0.05, 0) is 37.5 Å². The van der Waals surface area contributed by atoms with Crippen molar-refractivity contribution >= 4 is 5.91 Å². The van der Waals surface area contributed by atoms with Crippen molar-refractivity contribution < 1.29 is 23.4 Å². The van der Waals surface area contributed by atoms with E-state index < -0.39 is 23.1 Å². The fraction of sp³-hybridized carbons (Fsp3) is 0.379. The molecule has 9 heteroatoms. The first-order chi connectivity index (χ1) is 18.3. The zero-order valence-electron chi connectivity index (χ0n) is 21.9. The average Bonchev–Trinajstić information content (AvgIpc) is 2.90. The number of methoxy groups -OCH3 is 1. The van der Waals surface area contributed by atoms with Gasteiger partial charge in [0.2, 0.25) is 0 Å². The van der Waals surface area contributed by atoms with Crippen LogP contribution in [0.1, 0.15) is 46.9 Å². The topological polar surface area (TPSA) is 85.9 Å². The average molecular weight is 526 g/mol. The first-order valence-electron chi connectivity index (χ1n) is 12.8. The molecule has 2 aromatic carbocycles. The van der Waals surface area contributed by atoms with Crippen LogP contribution in [0.25, 0.3) is 11.1 Å². The van der Waals surface area contributed by atoms with Crippen molar-refractivity contribution in [2.45, 2.75) is 39.7 Å². The van der Waals surface area contributed by atoms with Crippen molar-refractivity contribution in [2.75, 3.05) is 33.3 Å². The van der Waals surface area contributed by atoms with Gasteiger partial charge in [-0.25, -0.2) is 8.78 Å². The summed E-state index contributed by atoms with van der Waals surface area (Å²) in [5, 5.41) is 11.4. The molecule has 0 saturated carbocycles. The van der Waals surface area contributed by atoms with E-state index in [-0.39, 0.29) is 36.5 Å². The lowest BCUT2D eigenvalue weighted by molar-refractivity contribution is 0.0622. The molecule has 2 heterocycles. The van der Waals surface area contributed by atoms with Crippen LogP contribution in [0.3, 0.4) is 0 Å². The number of rotatable bonds is 8. The summed E-state index contributed by atoms with van der Waals surface area (Å²) in [4.78, 5) is 33.0. The van der Waals surface area contributed by atoms with Gasteiger partial charge >= 0.3 is 0 Å². The lowest BCUT2D eigenvalue weighted by atomic mass is 9.93. The molecule has 0 radical (unpaired) electrons. The standard InChI is InChI=1S/C29H33F2N3O4/c1-4-5-11-21-24(23-18(2)8-6-12-22(23)38-3)27(35)25(28(36)32-21)29(37)34-15-13-33(14-16-34)17-19-9-7-10-20(30)26(19)31/h6-10,12H,4-5,11,13-17H2,1-3H3,(H2,32,35,36). The Balaban J connectivity index is 1.64. The van der Waals surface area contributed by atoms with Gasteiger partial charge in [-0.15, -0.1) is 0 Å². The number of hydrogen-bond acceptors (Lipinski definition) is 5. The van der Waals surface area contributed by atoms with Gasteiger partial charge in [-0.2, -0.15) is 0 Å². The van der Waals surface area contributed by atoms with Crippen LogP contribution in [0.4, 0.5) is 8.78 Å². The molecule has 1 aromatic heterocycles. The summed E-state index contributed by atoms with van der Waals surface area (Å²) in [5.74, 6) is -2.17. The van der Waals surface area contributed by atoms with Gasteiger partial charge < -0.3 is 19.7 Å². The van der Waals surface area contributed by atoms with E-state index in [1.807, 2.05) is 30.9 Å². The number of halogens is 2. The molecule has 1 amide bonds. The molecule has 38 heavy (non-hydrogen) atoms. The number of carbonyl (C=O) groups is 1. The van der Waals surface area contributed by atoms with Crippen molar-refractivity contribution in [1.82, 2.24) is 14.8 Å². The molecule has 0 spiro atoms. The van der Waals surface area contributed by atoms with Crippen LogP contribution in [0, 0.1) is 18.6 Å². The zero-order chi connectivity index (χ0) is 27.4. The second-order valence-corrected chi connectivity index (χ2v) is 9.57. The molecule has 0 unspecified atom stereocenters. The summed E-state index contributed by atoms with van der Waals surface area (Å²) >= 11 is 0. The lowest BCUT2D eigenvalue weighted by Crippen LogP contribution is -2.49. The highest BCUT2D eigenvalue weighted by molar-refractivity contribution is 5.99. The van der Waals surface area contributed by atoms with Crippen molar-refractivity contribution in [3.63, 3.8) is 0 Å². The quantitative estimate of drug-likeness (QED) is 0.448. The third-order valence-electron chi connectivity index (χ3n) is 7.05. The summed E-state index contributed by atoms with van der Waals surface area (Å²) in [7, 11) is 1.54. The van der Waals surface area contributed by atoms with E-state index in [2.05, 4.69) is 4.98 Å². The Bertz CT molecular complexity index is 1380. The molecule has 0 aliphatic carbocycles. The predicted octanol–water partition coefficient (Wildman–Crippen LogP) is 4.64. The summed E-state index contributed by atoms with van der Waals surface area (Å²) in [5.41, 5.74) is 1.72. The number of pyridine rings is 1. The number of nitrogens with one attached hydrogen (secondary N) is 1.